The lowest BCUT2D eigenvalue weighted by atomic mass is 10.1. The van der Waals surface area contributed by atoms with Crippen molar-refractivity contribution in [3.05, 3.63) is 27.8 Å². The normalized spacial score (nSPS) is 19.5. The zero-order chi connectivity index (χ0) is 12.4. The molecule has 2 rings (SSSR count). The van der Waals surface area contributed by atoms with Crippen molar-refractivity contribution in [2.24, 2.45) is 11.8 Å². The molecular formula is C11H12IN3O2. The summed E-state index contributed by atoms with van der Waals surface area (Å²) in [4.78, 5) is 24.8. The van der Waals surface area contributed by atoms with Crippen molar-refractivity contribution in [3.8, 4) is 0 Å². The number of nitrogens with zero attached hydrogens (tertiary/aromatic N) is 1. The van der Waals surface area contributed by atoms with Crippen LogP contribution in [0, 0.1) is 9.49 Å². The summed E-state index contributed by atoms with van der Waals surface area (Å²) in [6.07, 6.45) is 0.217. The van der Waals surface area contributed by atoms with Crippen molar-refractivity contribution in [1.29, 1.82) is 0 Å². The van der Waals surface area contributed by atoms with Crippen LogP contribution < -0.4 is 16.2 Å². The maximum atomic E-state index is 11.8. The molecule has 17 heavy (non-hydrogen) atoms. The topological polar surface area (TPSA) is 75.4 Å². The molecule has 90 valence electrons. The molecule has 0 spiro atoms. The lowest BCUT2D eigenvalue weighted by Crippen LogP contribution is -2.37. The van der Waals surface area contributed by atoms with E-state index in [1.165, 1.54) is 0 Å². The van der Waals surface area contributed by atoms with Crippen LogP contribution in [0.25, 0.3) is 0 Å². The van der Waals surface area contributed by atoms with Gasteiger partial charge in [-0.1, -0.05) is 6.07 Å². The van der Waals surface area contributed by atoms with Gasteiger partial charge >= 0.3 is 0 Å². The molecule has 1 aromatic rings. The van der Waals surface area contributed by atoms with Crippen molar-refractivity contribution < 1.29 is 9.59 Å². The first-order valence-electron chi connectivity index (χ1n) is 5.18. The monoisotopic (exact) mass is 345 g/mol. The maximum Gasteiger partial charge on any atom is 0.239 e. The van der Waals surface area contributed by atoms with Crippen LogP contribution in [0.5, 0.6) is 0 Å². The van der Waals surface area contributed by atoms with E-state index < -0.39 is 0 Å². The molecule has 1 fully saturated rings. The second-order valence-electron chi connectivity index (χ2n) is 3.89. The summed E-state index contributed by atoms with van der Waals surface area (Å²) in [7, 11) is 0. The highest BCUT2D eigenvalue weighted by atomic mass is 127. The van der Waals surface area contributed by atoms with Crippen LogP contribution in [-0.2, 0) is 9.59 Å². The molecule has 5 nitrogen and oxygen atoms in total. The number of benzene rings is 1. The SMILES string of the molecule is NNC(=O)C1CC(=O)N(c2cccc(I)c2)C1. The number of nitrogens with one attached hydrogen (secondary N) is 1. The Bertz CT molecular complexity index is 464. The van der Waals surface area contributed by atoms with E-state index in [-0.39, 0.29) is 24.2 Å². The Kier molecular flexibility index (Phi) is 3.63. The number of hydrogen-bond acceptors (Lipinski definition) is 3. The standard InChI is InChI=1S/C11H12IN3O2/c12-8-2-1-3-9(5-8)15-6-7(4-10(15)16)11(17)14-13/h1-3,5,7H,4,6,13H2,(H,14,17). The fraction of sp³-hybridized carbons (Fsp3) is 0.273. The molecule has 0 radical (unpaired) electrons. The number of hydrogen-bond donors (Lipinski definition) is 2. The smallest absolute Gasteiger partial charge is 0.239 e. The molecule has 0 aromatic heterocycles. The highest BCUT2D eigenvalue weighted by Crippen LogP contribution is 2.26. The molecule has 1 atom stereocenters. The predicted molar refractivity (Wildman–Crippen MR) is 71.9 cm³/mol. The molecule has 1 unspecified atom stereocenters. The molecule has 3 N–H and O–H groups in total. The minimum Gasteiger partial charge on any atom is -0.312 e. The van der Waals surface area contributed by atoms with E-state index in [9.17, 15) is 9.59 Å². The van der Waals surface area contributed by atoms with Gasteiger partial charge in [-0.25, -0.2) is 5.84 Å². The molecule has 2 amide bonds. The number of anilines is 1. The Morgan fingerprint density at radius 2 is 2.29 bits per heavy atom. The molecule has 1 saturated heterocycles. The average molecular weight is 345 g/mol. The zero-order valence-corrected chi connectivity index (χ0v) is 11.2. The molecule has 1 aliphatic heterocycles. The summed E-state index contributed by atoms with van der Waals surface area (Å²) >= 11 is 2.19. The number of rotatable bonds is 2. The first-order valence-corrected chi connectivity index (χ1v) is 6.26. The van der Waals surface area contributed by atoms with Crippen LogP contribution >= 0.6 is 22.6 Å². The van der Waals surface area contributed by atoms with Gasteiger partial charge in [0.05, 0.1) is 5.92 Å². The Morgan fingerprint density at radius 1 is 1.53 bits per heavy atom. The van der Waals surface area contributed by atoms with E-state index in [4.69, 9.17) is 5.84 Å². The minimum atomic E-state index is -0.356. The summed E-state index contributed by atoms with van der Waals surface area (Å²) in [5.74, 6) is 4.39. The van der Waals surface area contributed by atoms with E-state index in [1.807, 2.05) is 24.3 Å². The van der Waals surface area contributed by atoms with Crippen molar-refractivity contribution in [2.75, 3.05) is 11.4 Å². The minimum absolute atomic E-state index is 0.0411. The zero-order valence-electron chi connectivity index (χ0n) is 9.02. The van der Waals surface area contributed by atoms with Crippen molar-refractivity contribution in [1.82, 2.24) is 5.43 Å². The lowest BCUT2D eigenvalue weighted by molar-refractivity contribution is -0.126. The summed E-state index contributed by atoms with van der Waals surface area (Å²) in [5, 5.41) is 0. The van der Waals surface area contributed by atoms with Crippen LogP contribution in [0.1, 0.15) is 6.42 Å². The van der Waals surface area contributed by atoms with Gasteiger partial charge in [0, 0.05) is 22.2 Å². The molecule has 1 aliphatic rings. The Hall–Kier alpha value is -1.15. The third-order valence-electron chi connectivity index (χ3n) is 2.76. The highest BCUT2D eigenvalue weighted by molar-refractivity contribution is 14.1. The summed E-state index contributed by atoms with van der Waals surface area (Å²) in [5.41, 5.74) is 2.92. The van der Waals surface area contributed by atoms with Gasteiger partial charge in [-0.2, -0.15) is 0 Å². The summed E-state index contributed by atoms with van der Waals surface area (Å²) < 4.78 is 1.06. The van der Waals surface area contributed by atoms with E-state index in [1.54, 1.807) is 4.90 Å². The van der Waals surface area contributed by atoms with E-state index in [0.29, 0.717) is 6.54 Å². The van der Waals surface area contributed by atoms with Gasteiger partial charge in [0.25, 0.3) is 0 Å². The number of carbonyl (C=O) groups is 2. The van der Waals surface area contributed by atoms with Crippen molar-refractivity contribution in [2.45, 2.75) is 6.42 Å². The number of carbonyl (C=O) groups excluding carboxylic acids is 2. The number of halogens is 1. The second kappa shape index (κ2) is 5.01. The van der Waals surface area contributed by atoms with Crippen molar-refractivity contribution in [3.63, 3.8) is 0 Å². The van der Waals surface area contributed by atoms with Gasteiger partial charge in [-0.15, -0.1) is 0 Å². The Morgan fingerprint density at radius 3 is 2.94 bits per heavy atom. The van der Waals surface area contributed by atoms with Crippen LogP contribution in [0.15, 0.2) is 24.3 Å². The largest absolute Gasteiger partial charge is 0.312 e. The van der Waals surface area contributed by atoms with E-state index >= 15 is 0 Å². The van der Waals surface area contributed by atoms with Gasteiger partial charge in [-0.05, 0) is 40.8 Å². The van der Waals surface area contributed by atoms with E-state index in [2.05, 4.69) is 28.0 Å². The molecular weight excluding hydrogens is 333 g/mol. The summed E-state index contributed by atoms with van der Waals surface area (Å²) in [6, 6.07) is 7.62. The Balaban J connectivity index is 2.18. The highest BCUT2D eigenvalue weighted by Gasteiger charge is 2.34. The summed E-state index contributed by atoms with van der Waals surface area (Å²) in [6.45, 7) is 0.391. The fourth-order valence-electron chi connectivity index (χ4n) is 1.89. The quantitative estimate of drug-likeness (QED) is 0.357. The Labute approximate surface area is 112 Å². The van der Waals surface area contributed by atoms with Crippen LogP contribution in [-0.4, -0.2) is 18.4 Å². The molecule has 0 aliphatic carbocycles. The van der Waals surface area contributed by atoms with Crippen molar-refractivity contribution >= 4 is 40.1 Å². The van der Waals surface area contributed by atoms with Crippen LogP contribution in [0.4, 0.5) is 5.69 Å². The van der Waals surface area contributed by atoms with Crippen LogP contribution in [0.2, 0.25) is 0 Å². The third kappa shape index (κ3) is 2.58. The van der Waals surface area contributed by atoms with Gasteiger partial charge in [0.1, 0.15) is 0 Å². The number of amides is 2. The van der Waals surface area contributed by atoms with Gasteiger partial charge in [0.15, 0.2) is 0 Å². The van der Waals surface area contributed by atoms with Gasteiger partial charge in [0.2, 0.25) is 11.8 Å². The van der Waals surface area contributed by atoms with Gasteiger partial charge in [-0.3, -0.25) is 15.0 Å². The van der Waals surface area contributed by atoms with Crippen LogP contribution in [0.3, 0.4) is 0 Å². The molecule has 1 aromatic carbocycles. The van der Waals surface area contributed by atoms with E-state index in [0.717, 1.165) is 9.26 Å². The number of nitrogens with two attached hydrogens (primary N) is 1. The predicted octanol–water partition coefficient (Wildman–Crippen LogP) is 0.634. The molecule has 0 bridgehead atoms. The first-order chi connectivity index (χ1) is 8.11. The second-order valence-corrected chi connectivity index (χ2v) is 5.14. The first kappa shape index (κ1) is 12.3. The fourth-order valence-corrected chi connectivity index (χ4v) is 2.42. The third-order valence-corrected chi connectivity index (χ3v) is 3.43. The lowest BCUT2D eigenvalue weighted by Gasteiger charge is -2.16. The molecule has 0 saturated carbocycles. The maximum absolute atomic E-state index is 11.8. The van der Waals surface area contributed by atoms with Gasteiger partial charge < -0.3 is 4.90 Å². The molecule has 1 heterocycles. The molecule has 6 heteroatoms. The number of hydrazine groups is 1. The average Bonchev–Trinajstić information content (AvgIpc) is 2.70.